The van der Waals surface area contributed by atoms with Gasteiger partial charge in [-0.3, -0.25) is 14.2 Å². The highest BCUT2D eigenvalue weighted by molar-refractivity contribution is 5.75. The number of carboxylic acid groups (broad SMARTS) is 1. The second-order valence-corrected chi connectivity index (χ2v) is 4.79. The fourth-order valence-electron chi connectivity index (χ4n) is 2.20. The number of rotatable bonds is 7. The van der Waals surface area contributed by atoms with Gasteiger partial charge in [-0.15, -0.1) is 0 Å². The molecule has 0 unspecified atom stereocenters. The van der Waals surface area contributed by atoms with E-state index in [1.165, 1.54) is 4.57 Å². The Kier molecular flexibility index (Phi) is 6.08. The van der Waals surface area contributed by atoms with Crippen LogP contribution in [0.3, 0.4) is 0 Å². The third-order valence-electron chi connectivity index (χ3n) is 3.30. The Morgan fingerprint density at radius 2 is 1.95 bits per heavy atom. The lowest BCUT2D eigenvalue weighted by atomic mass is 10.1. The van der Waals surface area contributed by atoms with Crippen LogP contribution in [0.1, 0.15) is 36.7 Å². The molecule has 7 heteroatoms. The summed E-state index contributed by atoms with van der Waals surface area (Å²) < 4.78 is 1.43. The molecule has 0 spiro atoms. The summed E-state index contributed by atoms with van der Waals surface area (Å²) in [5.74, 6) is -1.02. The van der Waals surface area contributed by atoms with Gasteiger partial charge < -0.3 is 10.4 Å². The van der Waals surface area contributed by atoms with E-state index in [0.717, 1.165) is 5.56 Å². The number of hydrogen-bond acceptors (Lipinski definition) is 4. The maximum Gasteiger partial charge on any atom is 0.347 e. The van der Waals surface area contributed by atoms with Gasteiger partial charge in [0.05, 0.1) is 0 Å². The van der Waals surface area contributed by atoms with Crippen LogP contribution in [-0.4, -0.2) is 33.1 Å². The summed E-state index contributed by atoms with van der Waals surface area (Å²) in [7, 11) is 0. The fourth-order valence-corrected chi connectivity index (χ4v) is 2.20. The summed E-state index contributed by atoms with van der Waals surface area (Å²) in [6, 6.07) is 0. The minimum absolute atomic E-state index is 0.0160. The first-order chi connectivity index (χ1) is 9.86. The predicted octanol–water partition coefficient (Wildman–Crippen LogP) is 0.404. The lowest BCUT2D eigenvalue weighted by Gasteiger charge is -2.15. The molecule has 0 saturated heterocycles. The number of nitrogens with one attached hydrogen (secondary N) is 1. The summed E-state index contributed by atoms with van der Waals surface area (Å²) in [5, 5.41) is 11.4. The third kappa shape index (κ3) is 4.70. The van der Waals surface area contributed by atoms with Gasteiger partial charge in [0.25, 0.3) is 0 Å². The Balaban J connectivity index is 2.98. The van der Waals surface area contributed by atoms with E-state index in [4.69, 9.17) is 5.11 Å². The van der Waals surface area contributed by atoms with E-state index in [1.54, 1.807) is 13.8 Å². The number of hydrogen-bond donors (Lipinski definition) is 2. The number of carbonyl (C=O) groups is 2. The Morgan fingerprint density at radius 1 is 1.29 bits per heavy atom. The lowest BCUT2D eigenvalue weighted by Crippen LogP contribution is -2.31. The van der Waals surface area contributed by atoms with Crippen molar-refractivity contribution in [2.75, 3.05) is 6.54 Å². The highest BCUT2D eigenvalue weighted by Gasteiger charge is 2.13. The van der Waals surface area contributed by atoms with Crippen LogP contribution in [0.15, 0.2) is 4.79 Å². The van der Waals surface area contributed by atoms with Crippen molar-refractivity contribution in [3.05, 3.63) is 27.4 Å². The van der Waals surface area contributed by atoms with Gasteiger partial charge in [-0.1, -0.05) is 0 Å². The van der Waals surface area contributed by atoms with Crippen LogP contribution in [0.5, 0.6) is 0 Å². The highest BCUT2D eigenvalue weighted by atomic mass is 16.4. The Morgan fingerprint density at radius 3 is 2.52 bits per heavy atom. The average Bonchev–Trinajstić information content (AvgIpc) is 2.37. The largest absolute Gasteiger partial charge is 0.481 e. The SMILES string of the molecule is CCNC(=O)CCn1c(C)c(CCC(=O)O)c(C)nc1=O. The predicted molar refractivity (Wildman–Crippen MR) is 77.2 cm³/mol. The minimum atomic E-state index is -0.895. The van der Waals surface area contributed by atoms with E-state index in [0.29, 0.717) is 24.4 Å². The fraction of sp³-hybridized carbons (Fsp3) is 0.571. The zero-order chi connectivity index (χ0) is 16.0. The van der Waals surface area contributed by atoms with Gasteiger partial charge in [0.15, 0.2) is 0 Å². The van der Waals surface area contributed by atoms with Crippen LogP contribution in [0.4, 0.5) is 0 Å². The van der Waals surface area contributed by atoms with Crippen molar-refractivity contribution in [2.24, 2.45) is 0 Å². The number of carboxylic acids is 1. The number of aromatic nitrogens is 2. The third-order valence-corrected chi connectivity index (χ3v) is 3.30. The van der Waals surface area contributed by atoms with Crippen molar-refractivity contribution in [3.63, 3.8) is 0 Å². The summed E-state index contributed by atoms with van der Waals surface area (Å²) in [6.45, 7) is 6.06. The van der Waals surface area contributed by atoms with Crippen molar-refractivity contribution in [2.45, 2.75) is 46.6 Å². The maximum atomic E-state index is 11.9. The number of amides is 1. The zero-order valence-electron chi connectivity index (χ0n) is 12.6. The molecule has 0 aliphatic heterocycles. The van der Waals surface area contributed by atoms with Crippen LogP contribution in [0, 0.1) is 13.8 Å². The van der Waals surface area contributed by atoms with Crippen LogP contribution >= 0.6 is 0 Å². The van der Waals surface area contributed by atoms with E-state index in [9.17, 15) is 14.4 Å². The molecule has 1 rings (SSSR count). The van der Waals surface area contributed by atoms with E-state index in [1.807, 2.05) is 6.92 Å². The second-order valence-electron chi connectivity index (χ2n) is 4.79. The van der Waals surface area contributed by atoms with Crippen molar-refractivity contribution in [1.29, 1.82) is 0 Å². The van der Waals surface area contributed by atoms with Gasteiger partial charge in [-0.05, 0) is 32.8 Å². The molecule has 1 aromatic heterocycles. The normalized spacial score (nSPS) is 10.4. The minimum Gasteiger partial charge on any atom is -0.481 e. The Hall–Kier alpha value is -2.18. The zero-order valence-corrected chi connectivity index (χ0v) is 12.6. The smallest absolute Gasteiger partial charge is 0.347 e. The average molecular weight is 295 g/mol. The summed E-state index contributed by atoms with van der Waals surface area (Å²) in [4.78, 5) is 38.0. The molecule has 0 atom stereocenters. The molecule has 0 aliphatic carbocycles. The van der Waals surface area contributed by atoms with E-state index in [-0.39, 0.29) is 25.3 Å². The summed E-state index contributed by atoms with van der Waals surface area (Å²) >= 11 is 0. The molecule has 1 heterocycles. The van der Waals surface area contributed by atoms with Crippen molar-refractivity contribution >= 4 is 11.9 Å². The number of aryl methyl sites for hydroxylation is 1. The van der Waals surface area contributed by atoms with E-state index in [2.05, 4.69) is 10.3 Å². The molecule has 0 aliphatic rings. The van der Waals surface area contributed by atoms with Crippen molar-refractivity contribution in [1.82, 2.24) is 14.9 Å². The standard InChI is InChI=1S/C14H21N3O4/c1-4-15-12(18)7-8-17-10(3)11(5-6-13(19)20)9(2)16-14(17)21/h4-8H2,1-3H3,(H,15,18)(H,19,20). The molecule has 21 heavy (non-hydrogen) atoms. The molecule has 0 aromatic carbocycles. The van der Waals surface area contributed by atoms with Crippen LogP contribution in [-0.2, 0) is 22.6 Å². The topological polar surface area (TPSA) is 101 Å². The van der Waals surface area contributed by atoms with Crippen molar-refractivity contribution in [3.8, 4) is 0 Å². The second kappa shape index (κ2) is 7.56. The monoisotopic (exact) mass is 295 g/mol. The first-order valence-corrected chi connectivity index (χ1v) is 6.92. The molecule has 0 bridgehead atoms. The van der Waals surface area contributed by atoms with Gasteiger partial charge in [-0.25, -0.2) is 4.79 Å². The first-order valence-electron chi connectivity index (χ1n) is 6.92. The Labute approximate surface area is 123 Å². The van der Waals surface area contributed by atoms with Crippen LogP contribution < -0.4 is 11.0 Å². The molecule has 2 N–H and O–H groups in total. The van der Waals surface area contributed by atoms with E-state index < -0.39 is 11.7 Å². The molecular formula is C14H21N3O4. The van der Waals surface area contributed by atoms with Gasteiger partial charge in [0, 0.05) is 37.3 Å². The summed E-state index contributed by atoms with van der Waals surface area (Å²) in [6.07, 6.45) is 0.497. The van der Waals surface area contributed by atoms with Gasteiger partial charge >= 0.3 is 11.7 Å². The molecular weight excluding hydrogens is 274 g/mol. The molecule has 0 saturated carbocycles. The number of carbonyl (C=O) groups excluding carboxylic acids is 1. The summed E-state index contributed by atoms with van der Waals surface area (Å²) in [5.41, 5.74) is 1.58. The van der Waals surface area contributed by atoms with Gasteiger partial charge in [0.2, 0.25) is 5.91 Å². The van der Waals surface area contributed by atoms with Crippen molar-refractivity contribution < 1.29 is 14.7 Å². The molecule has 116 valence electrons. The number of aliphatic carboxylic acids is 1. The van der Waals surface area contributed by atoms with Gasteiger partial charge in [-0.2, -0.15) is 4.98 Å². The van der Waals surface area contributed by atoms with E-state index >= 15 is 0 Å². The molecule has 7 nitrogen and oxygen atoms in total. The molecule has 1 aromatic rings. The maximum absolute atomic E-state index is 11.9. The quantitative estimate of drug-likeness (QED) is 0.758. The van der Waals surface area contributed by atoms with Crippen LogP contribution in [0.2, 0.25) is 0 Å². The lowest BCUT2D eigenvalue weighted by molar-refractivity contribution is -0.137. The van der Waals surface area contributed by atoms with Crippen LogP contribution in [0.25, 0.3) is 0 Å². The first kappa shape index (κ1) is 16.9. The Bertz CT molecular complexity index is 593. The van der Waals surface area contributed by atoms with Gasteiger partial charge in [0.1, 0.15) is 0 Å². The molecule has 0 radical (unpaired) electrons. The molecule has 1 amide bonds. The molecule has 0 fully saturated rings. The number of nitrogens with zero attached hydrogens (tertiary/aromatic N) is 2. The highest BCUT2D eigenvalue weighted by Crippen LogP contribution is 2.12.